The third kappa shape index (κ3) is 4.44. The van der Waals surface area contributed by atoms with Crippen LogP contribution in [-0.4, -0.2) is 13.2 Å². The Kier molecular flexibility index (Phi) is 5.55. The number of rotatable bonds is 6. The number of ether oxygens (including phenoxy) is 2. The molecule has 0 amide bonds. The molecule has 2 nitrogen and oxygen atoms in total. The Morgan fingerprint density at radius 3 is 2.53 bits per heavy atom. The maximum Gasteiger partial charge on any atom is 0.123 e. The van der Waals surface area contributed by atoms with Gasteiger partial charge in [-0.25, -0.2) is 0 Å². The van der Waals surface area contributed by atoms with Crippen LogP contribution in [-0.2, 0) is 5.88 Å². The summed E-state index contributed by atoms with van der Waals surface area (Å²) in [6.07, 6.45) is 0. The number of halogens is 2. The lowest BCUT2D eigenvalue weighted by molar-refractivity contribution is 0.216. The number of alkyl halides is 1. The molecule has 2 rings (SSSR count). The molecule has 0 bridgehead atoms. The second-order valence-corrected chi connectivity index (χ2v) is 5.08. The summed E-state index contributed by atoms with van der Waals surface area (Å²) in [6.45, 7) is 0.980. The van der Waals surface area contributed by atoms with Gasteiger partial charge in [0.25, 0.3) is 0 Å². The molecule has 0 aliphatic heterocycles. The minimum absolute atomic E-state index is 0.447. The van der Waals surface area contributed by atoms with Crippen LogP contribution in [0.2, 0.25) is 0 Å². The Morgan fingerprint density at radius 1 is 0.947 bits per heavy atom. The molecule has 0 aromatic heterocycles. The average molecular weight is 342 g/mol. The molecule has 0 aliphatic carbocycles. The third-order valence-electron chi connectivity index (χ3n) is 2.52. The fraction of sp³-hybridized carbons (Fsp3) is 0.200. The molecule has 0 N–H and O–H groups in total. The zero-order valence-corrected chi connectivity index (χ0v) is 12.7. The van der Waals surface area contributed by atoms with Crippen molar-refractivity contribution in [1.29, 1.82) is 0 Å². The number of hydrogen-bond acceptors (Lipinski definition) is 2. The molecule has 0 saturated heterocycles. The summed E-state index contributed by atoms with van der Waals surface area (Å²) >= 11 is 9.24. The van der Waals surface area contributed by atoms with E-state index >= 15 is 0 Å². The third-order valence-corrected chi connectivity index (χ3v) is 3.30. The maximum absolute atomic E-state index is 5.84. The van der Waals surface area contributed by atoms with E-state index in [1.54, 1.807) is 0 Å². The first-order chi connectivity index (χ1) is 9.29. The molecule has 2 aromatic carbocycles. The highest BCUT2D eigenvalue weighted by Gasteiger charge is 2.01. The topological polar surface area (TPSA) is 18.5 Å². The predicted molar refractivity (Wildman–Crippen MR) is 81.1 cm³/mol. The van der Waals surface area contributed by atoms with Crippen molar-refractivity contribution in [2.75, 3.05) is 13.2 Å². The van der Waals surface area contributed by atoms with E-state index < -0.39 is 0 Å². The van der Waals surface area contributed by atoms with E-state index in [0.717, 1.165) is 21.5 Å². The van der Waals surface area contributed by atoms with Gasteiger partial charge in [-0.3, -0.25) is 0 Å². The smallest absolute Gasteiger partial charge is 0.123 e. The Hall–Kier alpha value is -1.19. The number of hydrogen-bond donors (Lipinski definition) is 0. The van der Waals surface area contributed by atoms with E-state index in [1.807, 2.05) is 48.5 Å². The van der Waals surface area contributed by atoms with Crippen LogP contribution < -0.4 is 9.47 Å². The standard InChI is InChI=1S/C15H14BrClO2/c16-13-5-3-6-14(10-13)18-8-9-19-15-7-2-1-4-12(15)11-17/h1-7,10H,8-9,11H2. The van der Waals surface area contributed by atoms with Gasteiger partial charge in [-0.05, 0) is 24.3 Å². The summed E-state index contributed by atoms with van der Waals surface area (Å²) in [7, 11) is 0. The van der Waals surface area contributed by atoms with Crippen LogP contribution in [0.5, 0.6) is 11.5 Å². The molecule has 0 saturated carbocycles. The zero-order chi connectivity index (χ0) is 13.5. The first kappa shape index (κ1) is 14.2. The van der Waals surface area contributed by atoms with Crippen molar-refractivity contribution in [3.8, 4) is 11.5 Å². The molecule has 0 fully saturated rings. The summed E-state index contributed by atoms with van der Waals surface area (Å²) in [5.41, 5.74) is 0.992. The van der Waals surface area contributed by atoms with E-state index in [-0.39, 0.29) is 0 Å². The van der Waals surface area contributed by atoms with Gasteiger partial charge in [0.15, 0.2) is 0 Å². The molecular weight excluding hydrogens is 328 g/mol. The molecule has 0 heterocycles. The van der Waals surface area contributed by atoms with Crippen molar-refractivity contribution < 1.29 is 9.47 Å². The lowest BCUT2D eigenvalue weighted by atomic mass is 10.2. The lowest BCUT2D eigenvalue weighted by Gasteiger charge is -2.10. The summed E-state index contributed by atoms with van der Waals surface area (Å²) in [4.78, 5) is 0. The molecule has 4 heteroatoms. The maximum atomic E-state index is 5.84. The van der Waals surface area contributed by atoms with Crippen molar-refractivity contribution in [3.63, 3.8) is 0 Å². The predicted octanol–water partition coefficient (Wildman–Crippen LogP) is 4.65. The van der Waals surface area contributed by atoms with Crippen LogP contribution in [0.3, 0.4) is 0 Å². The molecule has 0 atom stereocenters. The molecule has 0 spiro atoms. The molecule has 19 heavy (non-hydrogen) atoms. The van der Waals surface area contributed by atoms with Crippen molar-refractivity contribution in [2.45, 2.75) is 5.88 Å². The minimum atomic E-state index is 0.447. The van der Waals surface area contributed by atoms with Crippen molar-refractivity contribution in [3.05, 3.63) is 58.6 Å². The first-order valence-electron chi connectivity index (χ1n) is 5.94. The van der Waals surface area contributed by atoms with Crippen molar-refractivity contribution in [1.82, 2.24) is 0 Å². The van der Waals surface area contributed by atoms with Crippen molar-refractivity contribution >= 4 is 27.5 Å². The highest BCUT2D eigenvalue weighted by atomic mass is 79.9. The van der Waals surface area contributed by atoms with E-state index in [0.29, 0.717) is 19.1 Å². The molecule has 0 unspecified atom stereocenters. The van der Waals surface area contributed by atoms with E-state index in [1.165, 1.54) is 0 Å². The summed E-state index contributed by atoms with van der Waals surface area (Å²) in [5, 5.41) is 0. The molecule has 0 aliphatic rings. The Labute approximate surface area is 126 Å². The van der Waals surface area contributed by atoms with Gasteiger partial charge in [-0.2, -0.15) is 0 Å². The van der Waals surface area contributed by atoms with Gasteiger partial charge in [-0.15, -0.1) is 11.6 Å². The van der Waals surface area contributed by atoms with Gasteiger partial charge in [0, 0.05) is 10.0 Å². The fourth-order valence-electron chi connectivity index (χ4n) is 1.62. The average Bonchev–Trinajstić information content (AvgIpc) is 2.44. The zero-order valence-electron chi connectivity index (χ0n) is 10.3. The normalized spacial score (nSPS) is 10.2. The highest BCUT2D eigenvalue weighted by molar-refractivity contribution is 9.10. The Morgan fingerprint density at radius 2 is 1.74 bits per heavy atom. The number of para-hydroxylation sites is 1. The van der Waals surface area contributed by atoms with Crippen LogP contribution in [0.15, 0.2) is 53.0 Å². The Bertz CT molecular complexity index is 531. The monoisotopic (exact) mass is 340 g/mol. The lowest BCUT2D eigenvalue weighted by Crippen LogP contribution is -2.09. The van der Waals surface area contributed by atoms with E-state index in [4.69, 9.17) is 21.1 Å². The minimum Gasteiger partial charge on any atom is -0.490 e. The molecule has 100 valence electrons. The summed E-state index contributed by atoms with van der Waals surface area (Å²) in [5.74, 6) is 2.08. The van der Waals surface area contributed by atoms with Gasteiger partial charge in [0.2, 0.25) is 0 Å². The fourth-order valence-corrected chi connectivity index (χ4v) is 2.22. The summed E-state index contributed by atoms with van der Waals surface area (Å²) in [6, 6.07) is 15.5. The van der Waals surface area contributed by atoms with E-state index in [9.17, 15) is 0 Å². The van der Waals surface area contributed by atoms with E-state index in [2.05, 4.69) is 15.9 Å². The van der Waals surface area contributed by atoms with Crippen molar-refractivity contribution in [2.24, 2.45) is 0 Å². The largest absolute Gasteiger partial charge is 0.490 e. The van der Waals surface area contributed by atoms with Gasteiger partial charge < -0.3 is 9.47 Å². The van der Waals surface area contributed by atoms with Gasteiger partial charge in [0.1, 0.15) is 24.7 Å². The van der Waals surface area contributed by atoms with Crippen LogP contribution in [0, 0.1) is 0 Å². The van der Waals surface area contributed by atoms with Gasteiger partial charge in [-0.1, -0.05) is 40.2 Å². The van der Waals surface area contributed by atoms with Crippen LogP contribution in [0.1, 0.15) is 5.56 Å². The second kappa shape index (κ2) is 7.41. The second-order valence-electron chi connectivity index (χ2n) is 3.90. The Balaban J connectivity index is 1.81. The van der Waals surface area contributed by atoms with Gasteiger partial charge >= 0.3 is 0 Å². The molecule has 0 radical (unpaired) electrons. The summed E-state index contributed by atoms with van der Waals surface area (Å²) < 4.78 is 12.3. The molecule has 2 aromatic rings. The highest BCUT2D eigenvalue weighted by Crippen LogP contribution is 2.20. The first-order valence-corrected chi connectivity index (χ1v) is 7.27. The number of benzene rings is 2. The SMILES string of the molecule is ClCc1ccccc1OCCOc1cccc(Br)c1. The van der Waals surface area contributed by atoms with Crippen LogP contribution in [0.25, 0.3) is 0 Å². The quantitative estimate of drug-likeness (QED) is 0.562. The van der Waals surface area contributed by atoms with Crippen LogP contribution in [0.4, 0.5) is 0 Å². The van der Waals surface area contributed by atoms with Gasteiger partial charge in [0.05, 0.1) is 5.88 Å². The van der Waals surface area contributed by atoms with Crippen LogP contribution >= 0.6 is 27.5 Å². The molecular formula is C15H14BrClO2.